The van der Waals surface area contributed by atoms with Gasteiger partial charge in [-0.3, -0.25) is 4.79 Å². The van der Waals surface area contributed by atoms with Crippen molar-refractivity contribution in [2.45, 2.75) is 58.4 Å². The van der Waals surface area contributed by atoms with E-state index in [1.165, 1.54) is 6.07 Å². The van der Waals surface area contributed by atoms with Crippen molar-refractivity contribution in [2.75, 3.05) is 0 Å². The fraction of sp³-hybridized carbons (Fsp3) is 0.400. The molecule has 0 spiro atoms. The van der Waals surface area contributed by atoms with Gasteiger partial charge >= 0.3 is 12.1 Å². The SMILES string of the molecule is CC(C)Cc1ccc(COc2ccc3cc4n(c3c2)C(CC(=O)O)CC4)cc1C(F)(F)F. The van der Waals surface area contributed by atoms with Crippen LogP contribution in [0, 0.1) is 5.92 Å². The van der Waals surface area contributed by atoms with E-state index in [0.717, 1.165) is 29.4 Å². The van der Waals surface area contributed by atoms with Crippen molar-refractivity contribution in [1.82, 2.24) is 4.57 Å². The lowest BCUT2D eigenvalue weighted by Crippen LogP contribution is -2.12. The van der Waals surface area contributed by atoms with E-state index in [0.29, 0.717) is 23.3 Å². The number of fused-ring (bicyclic) bond motifs is 3. The third-order valence-corrected chi connectivity index (χ3v) is 5.92. The summed E-state index contributed by atoms with van der Waals surface area (Å²) >= 11 is 0. The molecule has 4 nitrogen and oxygen atoms in total. The second-order valence-electron chi connectivity index (χ2n) is 8.89. The van der Waals surface area contributed by atoms with E-state index >= 15 is 0 Å². The minimum Gasteiger partial charge on any atom is -0.489 e. The molecule has 1 unspecified atom stereocenters. The third-order valence-electron chi connectivity index (χ3n) is 5.92. The lowest BCUT2D eigenvalue weighted by molar-refractivity contribution is -0.139. The average molecular weight is 445 g/mol. The van der Waals surface area contributed by atoms with Crippen molar-refractivity contribution in [3.05, 3.63) is 64.8 Å². The highest BCUT2D eigenvalue weighted by molar-refractivity contribution is 5.83. The first-order valence-electron chi connectivity index (χ1n) is 10.8. The average Bonchev–Trinajstić information content (AvgIpc) is 3.25. The standard InChI is InChI=1S/C25H26F3NO3/c1-15(2)9-17-4-3-16(10-22(17)25(26,27)28)14-32-21-8-5-18-11-19-6-7-20(12-24(30)31)29(19)23(18)13-21/h3-5,8,10-11,13,15,20H,6-7,9,12,14H2,1-2H3,(H,30,31). The lowest BCUT2D eigenvalue weighted by Gasteiger charge is -2.16. The molecule has 4 rings (SSSR count). The number of benzene rings is 2. The van der Waals surface area contributed by atoms with Crippen molar-refractivity contribution in [2.24, 2.45) is 5.92 Å². The van der Waals surface area contributed by atoms with E-state index in [4.69, 9.17) is 4.74 Å². The molecule has 1 aliphatic rings. The van der Waals surface area contributed by atoms with Gasteiger partial charge in [-0.1, -0.05) is 26.0 Å². The number of halogens is 3. The first-order valence-corrected chi connectivity index (χ1v) is 10.8. The van der Waals surface area contributed by atoms with Gasteiger partial charge in [-0.2, -0.15) is 13.2 Å². The Morgan fingerprint density at radius 3 is 2.66 bits per heavy atom. The monoisotopic (exact) mass is 445 g/mol. The molecule has 0 saturated heterocycles. The van der Waals surface area contributed by atoms with Crippen LogP contribution in [0.1, 0.15) is 55.1 Å². The maximum Gasteiger partial charge on any atom is 0.416 e. The number of aryl methyl sites for hydroxylation is 1. The molecule has 0 bridgehead atoms. The first kappa shape index (κ1) is 22.2. The summed E-state index contributed by atoms with van der Waals surface area (Å²) in [4.78, 5) is 11.2. The minimum absolute atomic E-state index is 0.0165. The van der Waals surface area contributed by atoms with Crippen molar-refractivity contribution in [3.63, 3.8) is 0 Å². The van der Waals surface area contributed by atoms with Crippen LogP contribution in [0.5, 0.6) is 5.75 Å². The van der Waals surface area contributed by atoms with Crippen molar-refractivity contribution in [1.29, 1.82) is 0 Å². The van der Waals surface area contributed by atoms with Crippen molar-refractivity contribution in [3.8, 4) is 5.75 Å². The second-order valence-corrected chi connectivity index (χ2v) is 8.89. The summed E-state index contributed by atoms with van der Waals surface area (Å²) in [5.41, 5.74) is 2.13. The molecule has 0 radical (unpaired) electrons. The van der Waals surface area contributed by atoms with E-state index in [1.807, 2.05) is 26.0 Å². The summed E-state index contributed by atoms with van der Waals surface area (Å²) in [6.45, 7) is 3.81. The third kappa shape index (κ3) is 4.61. The molecular weight excluding hydrogens is 419 g/mol. The van der Waals surface area contributed by atoms with Gasteiger partial charge in [-0.05, 0) is 60.6 Å². The Bertz CT molecular complexity index is 1150. The van der Waals surface area contributed by atoms with Gasteiger partial charge in [0.25, 0.3) is 0 Å². The van der Waals surface area contributed by atoms with E-state index < -0.39 is 17.7 Å². The molecule has 2 heterocycles. The molecule has 1 atom stereocenters. The Balaban J connectivity index is 1.56. The van der Waals surface area contributed by atoms with Crippen LogP contribution in [-0.2, 0) is 30.4 Å². The molecule has 1 N–H and O–H groups in total. The van der Waals surface area contributed by atoms with Gasteiger partial charge in [0.2, 0.25) is 0 Å². The van der Waals surface area contributed by atoms with E-state index in [2.05, 4.69) is 10.6 Å². The van der Waals surface area contributed by atoms with Crippen molar-refractivity contribution >= 4 is 16.9 Å². The van der Waals surface area contributed by atoms with E-state index in [1.54, 1.807) is 18.2 Å². The number of ether oxygens (including phenoxy) is 1. The fourth-order valence-corrected chi connectivity index (χ4v) is 4.57. The summed E-state index contributed by atoms with van der Waals surface area (Å²) in [5.74, 6) is -0.170. The first-order chi connectivity index (χ1) is 15.1. The van der Waals surface area contributed by atoms with Crippen LogP contribution in [0.15, 0.2) is 42.5 Å². The Labute approximate surface area is 184 Å². The van der Waals surface area contributed by atoms with E-state index in [9.17, 15) is 23.1 Å². The number of hydrogen-bond acceptors (Lipinski definition) is 2. The summed E-state index contributed by atoms with van der Waals surface area (Å²) in [7, 11) is 0. The van der Waals surface area contributed by atoms with Gasteiger partial charge in [0.15, 0.2) is 0 Å². The van der Waals surface area contributed by atoms with Crippen LogP contribution in [0.25, 0.3) is 10.9 Å². The molecule has 170 valence electrons. The van der Waals surface area contributed by atoms with Crippen LogP contribution in [-0.4, -0.2) is 15.6 Å². The number of hydrogen-bond donors (Lipinski definition) is 1. The smallest absolute Gasteiger partial charge is 0.416 e. The zero-order chi connectivity index (χ0) is 23.0. The van der Waals surface area contributed by atoms with Gasteiger partial charge in [0, 0.05) is 23.2 Å². The maximum absolute atomic E-state index is 13.5. The second kappa shape index (κ2) is 8.52. The van der Waals surface area contributed by atoms with Crippen LogP contribution in [0.4, 0.5) is 13.2 Å². The highest BCUT2D eigenvalue weighted by Gasteiger charge is 2.33. The minimum atomic E-state index is -4.41. The molecule has 0 aliphatic carbocycles. The summed E-state index contributed by atoms with van der Waals surface area (Å²) in [5, 5.41) is 10.2. The molecule has 3 aromatic rings. The molecular formula is C25H26F3NO3. The van der Waals surface area contributed by atoms with E-state index in [-0.39, 0.29) is 25.0 Å². The van der Waals surface area contributed by atoms with Crippen LogP contribution < -0.4 is 4.74 Å². The van der Waals surface area contributed by atoms with Crippen LogP contribution >= 0.6 is 0 Å². The zero-order valence-corrected chi connectivity index (χ0v) is 18.1. The number of nitrogens with zero attached hydrogens (tertiary/aromatic N) is 1. The van der Waals surface area contributed by atoms with Crippen LogP contribution in [0.3, 0.4) is 0 Å². The number of carboxylic acids is 1. The van der Waals surface area contributed by atoms with Crippen molar-refractivity contribution < 1.29 is 27.8 Å². The molecule has 0 saturated carbocycles. The number of aromatic nitrogens is 1. The summed E-state index contributed by atoms with van der Waals surface area (Å²) in [6, 6.07) is 11.9. The van der Waals surface area contributed by atoms with Gasteiger partial charge in [-0.25, -0.2) is 0 Å². The topological polar surface area (TPSA) is 51.5 Å². The number of carbonyl (C=O) groups is 1. The molecule has 7 heteroatoms. The molecule has 2 aromatic carbocycles. The Kier molecular flexibility index (Phi) is 5.93. The Morgan fingerprint density at radius 1 is 1.19 bits per heavy atom. The quantitative estimate of drug-likeness (QED) is 0.458. The Morgan fingerprint density at radius 2 is 1.97 bits per heavy atom. The van der Waals surface area contributed by atoms with Gasteiger partial charge < -0.3 is 14.4 Å². The predicted octanol–water partition coefficient (Wildman–Crippen LogP) is 6.40. The Hall–Kier alpha value is -2.96. The molecule has 0 amide bonds. The predicted molar refractivity (Wildman–Crippen MR) is 116 cm³/mol. The number of aliphatic carboxylic acids is 1. The summed E-state index contributed by atoms with van der Waals surface area (Å²) in [6.07, 6.45) is -2.38. The zero-order valence-electron chi connectivity index (χ0n) is 18.1. The highest BCUT2D eigenvalue weighted by atomic mass is 19.4. The number of alkyl halides is 3. The van der Waals surface area contributed by atoms with Gasteiger partial charge in [0.05, 0.1) is 17.5 Å². The van der Waals surface area contributed by atoms with Gasteiger partial charge in [0.1, 0.15) is 12.4 Å². The molecule has 32 heavy (non-hydrogen) atoms. The molecule has 0 fully saturated rings. The number of carboxylic acid groups (broad SMARTS) is 1. The largest absolute Gasteiger partial charge is 0.489 e. The maximum atomic E-state index is 13.5. The normalized spacial score (nSPS) is 16.0. The molecule has 1 aromatic heterocycles. The lowest BCUT2D eigenvalue weighted by atomic mass is 9.96. The van der Waals surface area contributed by atoms with Gasteiger partial charge in [-0.15, -0.1) is 0 Å². The highest BCUT2D eigenvalue weighted by Crippen LogP contribution is 2.37. The number of rotatable bonds is 7. The van der Waals surface area contributed by atoms with Crippen LogP contribution in [0.2, 0.25) is 0 Å². The summed E-state index contributed by atoms with van der Waals surface area (Å²) < 4.78 is 48.5. The fourth-order valence-electron chi connectivity index (χ4n) is 4.57. The molecule has 1 aliphatic heterocycles.